The van der Waals surface area contributed by atoms with E-state index in [2.05, 4.69) is 0 Å². The number of benzene rings is 2. The molecule has 0 saturated heterocycles. The molecule has 0 bridgehead atoms. The smallest absolute Gasteiger partial charge is 0.327 e. The Balaban J connectivity index is 1.72. The first-order valence-corrected chi connectivity index (χ1v) is 15.4. The van der Waals surface area contributed by atoms with Crippen molar-refractivity contribution < 1.29 is 29.4 Å². The molecule has 0 heterocycles. The van der Waals surface area contributed by atoms with Crippen LogP contribution in [-0.2, 0) is 14.4 Å². The van der Waals surface area contributed by atoms with E-state index < -0.39 is 41.8 Å². The fourth-order valence-corrected chi connectivity index (χ4v) is 6.84. The van der Waals surface area contributed by atoms with Crippen molar-refractivity contribution in [2.45, 2.75) is 83.1 Å². The minimum atomic E-state index is -1.03. The van der Waals surface area contributed by atoms with Crippen LogP contribution < -0.4 is 0 Å². The Labute approximate surface area is 248 Å². The summed E-state index contributed by atoms with van der Waals surface area (Å²) >= 11 is 0. The molecular weight excluding hydrogens is 532 g/mol. The third-order valence-electron chi connectivity index (χ3n) is 9.26. The summed E-state index contributed by atoms with van der Waals surface area (Å²) in [5.41, 5.74) is 1.96. The van der Waals surface area contributed by atoms with Crippen molar-refractivity contribution >= 4 is 23.9 Å². The summed E-state index contributed by atoms with van der Waals surface area (Å²) in [6.07, 6.45) is 7.05. The number of carboxylic acid groups (broad SMARTS) is 2. The Morgan fingerprint density at radius 1 is 0.762 bits per heavy atom. The van der Waals surface area contributed by atoms with Crippen LogP contribution in [0.2, 0.25) is 0 Å². The summed E-state index contributed by atoms with van der Waals surface area (Å²) in [6.45, 7) is 2.04. The Morgan fingerprint density at radius 3 is 1.81 bits per heavy atom. The molecular formula is C34H44N2O6. The van der Waals surface area contributed by atoms with Gasteiger partial charge in [-0.25, -0.2) is 4.79 Å². The standard InChI is InChI=1S/C34H44N2O6/c1-24(25-13-5-2-6-14-25)36(32(39)28-19-11-12-20-29(28)33(40)41)34(42)35(22-21-31(37)38)23-30(26-15-7-3-8-16-26)27-17-9-4-10-18-27/h3-4,7-10,15-18,24-25,28-30H,2,5-6,11-14,19-23H2,1H3,(H,37,38)(H,40,41)/t24-,28+,29+/m0/s1. The number of carbonyl (C=O) groups excluding carboxylic acids is 2. The molecule has 42 heavy (non-hydrogen) atoms. The minimum Gasteiger partial charge on any atom is -0.481 e. The maximum absolute atomic E-state index is 14.6. The Kier molecular flexibility index (Phi) is 11.2. The number of carbonyl (C=O) groups is 4. The lowest BCUT2D eigenvalue weighted by molar-refractivity contribution is -0.152. The molecule has 2 fully saturated rings. The van der Waals surface area contributed by atoms with Crippen LogP contribution in [0.3, 0.4) is 0 Å². The third-order valence-corrected chi connectivity index (χ3v) is 9.26. The number of rotatable bonds is 11. The summed E-state index contributed by atoms with van der Waals surface area (Å²) in [4.78, 5) is 55.6. The van der Waals surface area contributed by atoms with Crippen molar-refractivity contribution in [3.05, 3.63) is 71.8 Å². The molecule has 0 aliphatic heterocycles. The van der Waals surface area contributed by atoms with Gasteiger partial charge in [0.25, 0.3) is 0 Å². The average molecular weight is 577 g/mol. The number of amides is 3. The lowest BCUT2D eigenvalue weighted by Gasteiger charge is -2.41. The van der Waals surface area contributed by atoms with Gasteiger partial charge in [0.2, 0.25) is 5.91 Å². The van der Waals surface area contributed by atoms with E-state index in [1.54, 1.807) is 0 Å². The number of nitrogens with zero attached hydrogens (tertiary/aromatic N) is 2. The molecule has 2 aliphatic carbocycles. The molecule has 8 heteroatoms. The van der Waals surface area contributed by atoms with Gasteiger partial charge in [-0.15, -0.1) is 0 Å². The molecule has 0 aromatic heterocycles. The summed E-state index contributed by atoms with van der Waals surface area (Å²) < 4.78 is 0. The highest BCUT2D eigenvalue weighted by atomic mass is 16.4. The van der Waals surface area contributed by atoms with Crippen LogP contribution in [0, 0.1) is 17.8 Å². The maximum Gasteiger partial charge on any atom is 0.327 e. The molecule has 4 rings (SSSR count). The molecule has 3 amide bonds. The van der Waals surface area contributed by atoms with Crippen LogP contribution in [0.5, 0.6) is 0 Å². The van der Waals surface area contributed by atoms with E-state index in [1.165, 1.54) is 9.80 Å². The van der Waals surface area contributed by atoms with E-state index in [0.717, 1.165) is 56.1 Å². The highest BCUT2D eigenvalue weighted by Gasteiger charge is 2.44. The number of hydrogen-bond donors (Lipinski definition) is 2. The Hall–Kier alpha value is -3.68. The fourth-order valence-electron chi connectivity index (χ4n) is 6.84. The number of carboxylic acids is 2. The first kappa shape index (κ1) is 31.3. The van der Waals surface area contributed by atoms with Crippen molar-refractivity contribution in [2.75, 3.05) is 13.1 Å². The van der Waals surface area contributed by atoms with Gasteiger partial charge in [0.1, 0.15) is 0 Å². The second-order valence-corrected chi connectivity index (χ2v) is 11.9. The lowest BCUT2D eigenvalue weighted by atomic mass is 9.77. The molecule has 2 saturated carbocycles. The second kappa shape index (κ2) is 15.0. The van der Waals surface area contributed by atoms with Gasteiger partial charge >= 0.3 is 18.0 Å². The largest absolute Gasteiger partial charge is 0.481 e. The fraction of sp³-hybridized carbons (Fsp3) is 0.529. The predicted octanol–water partition coefficient (Wildman–Crippen LogP) is 6.40. The quantitative estimate of drug-likeness (QED) is 0.320. The first-order chi connectivity index (χ1) is 20.3. The maximum atomic E-state index is 14.6. The molecule has 8 nitrogen and oxygen atoms in total. The molecule has 2 N–H and O–H groups in total. The van der Waals surface area contributed by atoms with Gasteiger partial charge in [0.05, 0.1) is 18.3 Å². The van der Waals surface area contributed by atoms with Gasteiger partial charge in [-0.1, -0.05) is 92.8 Å². The Morgan fingerprint density at radius 2 is 1.29 bits per heavy atom. The molecule has 2 aromatic carbocycles. The van der Waals surface area contributed by atoms with Crippen molar-refractivity contribution in [1.82, 2.24) is 9.80 Å². The zero-order valence-electron chi connectivity index (χ0n) is 24.6. The normalized spacial score (nSPS) is 20.0. The molecule has 0 spiro atoms. The number of aliphatic carboxylic acids is 2. The topological polar surface area (TPSA) is 115 Å². The van der Waals surface area contributed by atoms with Gasteiger partial charge < -0.3 is 15.1 Å². The van der Waals surface area contributed by atoms with E-state index in [4.69, 9.17) is 0 Å². The summed E-state index contributed by atoms with van der Waals surface area (Å²) in [5.74, 6) is -4.17. The molecule has 2 aromatic rings. The van der Waals surface area contributed by atoms with Crippen LogP contribution in [0.1, 0.15) is 88.2 Å². The lowest BCUT2D eigenvalue weighted by Crippen LogP contribution is -2.56. The number of urea groups is 1. The molecule has 226 valence electrons. The van der Waals surface area contributed by atoms with Crippen molar-refractivity contribution in [2.24, 2.45) is 17.8 Å². The van der Waals surface area contributed by atoms with Crippen LogP contribution in [-0.4, -0.2) is 63.0 Å². The van der Waals surface area contributed by atoms with Crippen LogP contribution in [0.15, 0.2) is 60.7 Å². The second-order valence-electron chi connectivity index (χ2n) is 11.9. The Bertz CT molecular complexity index is 1160. The van der Waals surface area contributed by atoms with Crippen molar-refractivity contribution in [1.29, 1.82) is 0 Å². The van der Waals surface area contributed by atoms with E-state index in [-0.39, 0.29) is 31.3 Å². The van der Waals surface area contributed by atoms with Gasteiger partial charge in [0.15, 0.2) is 0 Å². The number of imide groups is 1. The first-order valence-electron chi connectivity index (χ1n) is 15.4. The van der Waals surface area contributed by atoms with E-state index in [0.29, 0.717) is 12.8 Å². The van der Waals surface area contributed by atoms with Gasteiger partial charge in [0, 0.05) is 25.0 Å². The highest BCUT2D eigenvalue weighted by Crippen LogP contribution is 2.36. The minimum absolute atomic E-state index is 0.0570. The molecule has 0 unspecified atom stereocenters. The summed E-state index contributed by atoms with van der Waals surface area (Å²) in [6, 6.07) is 18.6. The molecule has 2 aliphatic rings. The molecule has 3 atom stereocenters. The third kappa shape index (κ3) is 7.78. The van der Waals surface area contributed by atoms with Gasteiger partial charge in [-0.3, -0.25) is 19.3 Å². The van der Waals surface area contributed by atoms with E-state index in [9.17, 15) is 29.4 Å². The van der Waals surface area contributed by atoms with Gasteiger partial charge in [-0.2, -0.15) is 0 Å². The van der Waals surface area contributed by atoms with Gasteiger partial charge in [-0.05, 0) is 49.7 Å². The monoisotopic (exact) mass is 576 g/mol. The van der Waals surface area contributed by atoms with E-state index in [1.807, 2.05) is 67.6 Å². The number of hydrogen-bond acceptors (Lipinski definition) is 4. The summed E-state index contributed by atoms with van der Waals surface area (Å²) in [7, 11) is 0. The van der Waals surface area contributed by atoms with E-state index >= 15 is 0 Å². The summed E-state index contributed by atoms with van der Waals surface area (Å²) in [5, 5.41) is 19.5. The molecule has 0 radical (unpaired) electrons. The van der Waals surface area contributed by atoms with Crippen molar-refractivity contribution in [3.8, 4) is 0 Å². The van der Waals surface area contributed by atoms with Crippen LogP contribution in [0.25, 0.3) is 0 Å². The highest BCUT2D eigenvalue weighted by molar-refractivity contribution is 5.98. The average Bonchev–Trinajstić information content (AvgIpc) is 3.02. The van der Waals surface area contributed by atoms with Crippen LogP contribution in [0.4, 0.5) is 4.79 Å². The van der Waals surface area contributed by atoms with Crippen LogP contribution >= 0.6 is 0 Å². The SMILES string of the molecule is C[C@@H](C1CCCCC1)N(C(=O)[C@@H]1CCCC[C@H]1C(=O)O)C(=O)N(CCC(=O)O)CC(c1ccccc1)c1ccccc1. The predicted molar refractivity (Wildman–Crippen MR) is 160 cm³/mol. The zero-order valence-corrected chi connectivity index (χ0v) is 24.6. The zero-order chi connectivity index (χ0) is 30.1. The van der Waals surface area contributed by atoms with Crippen molar-refractivity contribution in [3.63, 3.8) is 0 Å².